The summed E-state index contributed by atoms with van der Waals surface area (Å²) < 4.78 is 22.4. The smallest absolute Gasteiger partial charge is 0.153 e. The molecule has 16 heavy (non-hydrogen) atoms. The molecule has 1 saturated heterocycles. The predicted octanol–water partition coefficient (Wildman–Crippen LogP) is 0.849. The van der Waals surface area contributed by atoms with E-state index in [2.05, 4.69) is 0 Å². The van der Waals surface area contributed by atoms with E-state index in [0.29, 0.717) is 19.7 Å². The van der Waals surface area contributed by atoms with E-state index in [1.165, 1.54) is 0 Å². The topological polar surface area (TPSA) is 46.6 Å². The van der Waals surface area contributed by atoms with Gasteiger partial charge in [0.15, 0.2) is 9.84 Å². The summed E-state index contributed by atoms with van der Waals surface area (Å²) in [4.78, 5) is 5.53. The van der Waals surface area contributed by atoms with E-state index in [4.69, 9.17) is 4.84 Å². The SMILES string of the molecule is O=S1(=O)CCN(OCc2ccccc2)CC1. The average Bonchev–Trinajstić information content (AvgIpc) is 2.29. The van der Waals surface area contributed by atoms with Gasteiger partial charge in [-0.1, -0.05) is 30.3 Å². The highest BCUT2D eigenvalue weighted by atomic mass is 32.2. The van der Waals surface area contributed by atoms with Crippen LogP contribution in [0.5, 0.6) is 0 Å². The molecule has 4 nitrogen and oxygen atoms in total. The Labute approximate surface area is 95.7 Å². The third-order valence-corrected chi connectivity index (χ3v) is 4.17. The number of hydroxylamine groups is 2. The summed E-state index contributed by atoms with van der Waals surface area (Å²) in [6.45, 7) is 1.44. The molecule has 1 heterocycles. The molecule has 1 aromatic carbocycles. The second-order valence-electron chi connectivity index (χ2n) is 3.84. The molecule has 0 bridgehead atoms. The van der Waals surface area contributed by atoms with Crippen molar-refractivity contribution in [1.82, 2.24) is 5.06 Å². The van der Waals surface area contributed by atoms with Gasteiger partial charge in [0.1, 0.15) is 0 Å². The van der Waals surface area contributed by atoms with Gasteiger partial charge in [0.2, 0.25) is 0 Å². The Morgan fingerprint density at radius 3 is 2.38 bits per heavy atom. The molecule has 0 saturated carbocycles. The number of benzene rings is 1. The van der Waals surface area contributed by atoms with E-state index >= 15 is 0 Å². The van der Waals surface area contributed by atoms with Crippen LogP contribution in [0.2, 0.25) is 0 Å². The quantitative estimate of drug-likeness (QED) is 0.787. The molecule has 0 atom stereocenters. The van der Waals surface area contributed by atoms with E-state index in [9.17, 15) is 8.42 Å². The van der Waals surface area contributed by atoms with Crippen molar-refractivity contribution in [2.75, 3.05) is 24.6 Å². The highest BCUT2D eigenvalue weighted by Crippen LogP contribution is 2.07. The Morgan fingerprint density at radius 2 is 1.75 bits per heavy atom. The number of nitrogens with zero attached hydrogens (tertiary/aromatic N) is 1. The van der Waals surface area contributed by atoms with Crippen LogP contribution in [0.3, 0.4) is 0 Å². The molecule has 0 radical (unpaired) electrons. The molecular formula is C11H15NO3S. The van der Waals surface area contributed by atoms with Crippen LogP contribution < -0.4 is 0 Å². The molecule has 1 fully saturated rings. The van der Waals surface area contributed by atoms with E-state index in [1.807, 2.05) is 30.3 Å². The molecule has 0 aliphatic carbocycles. The molecule has 1 aliphatic rings. The van der Waals surface area contributed by atoms with Crippen LogP contribution in [0.4, 0.5) is 0 Å². The van der Waals surface area contributed by atoms with Gasteiger partial charge in [0.25, 0.3) is 0 Å². The van der Waals surface area contributed by atoms with Crippen molar-refractivity contribution >= 4 is 9.84 Å². The van der Waals surface area contributed by atoms with E-state index in [1.54, 1.807) is 5.06 Å². The fourth-order valence-corrected chi connectivity index (χ4v) is 2.73. The first-order valence-electron chi connectivity index (χ1n) is 5.28. The van der Waals surface area contributed by atoms with E-state index in [-0.39, 0.29) is 11.5 Å². The van der Waals surface area contributed by atoms with Crippen molar-refractivity contribution in [2.24, 2.45) is 0 Å². The number of rotatable bonds is 3. The molecule has 1 aromatic rings. The number of hydrogen-bond donors (Lipinski definition) is 0. The summed E-state index contributed by atoms with van der Waals surface area (Å²) in [5.74, 6) is 0.392. The first kappa shape index (κ1) is 11.6. The zero-order chi connectivity index (χ0) is 11.4. The normalized spacial score (nSPS) is 20.8. The highest BCUT2D eigenvalue weighted by molar-refractivity contribution is 7.91. The van der Waals surface area contributed by atoms with Gasteiger partial charge in [-0.2, -0.15) is 5.06 Å². The van der Waals surface area contributed by atoms with Crippen molar-refractivity contribution in [2.45, 2.75) is 6.61 Å². The average molecular weight is 241 g/mol. The van der Waals surface area contributed by atoms with Gasteiger partial charge in [0.05, 0.1) is 18.1 Å². The van der Waals surface area contributed by atoms with Gasteiger partial charge in [-0.15, -0.1) is 0 Å². The molecule has 0 amide bonds. The molecular weight excluding hydrogens is 226 g/mol. The highest BCUT2D eigenvalue weighted by Gasteiger charge is 2.21. The van der Waals surface area contributed by atoms with Gasteiger partial charge in [-0.3, -0.25) is 4.84 Å². The minimum absolute atomic E-state index is 0.196. The minimum atomic E-state index is -2.82. The zero-order valence-corrected chi connectivity index (χ0v) is 9.82. The van der Waals surface area contributed by atoms with Crippen molar-refractivity contribution in [3.8, 4) is 0 Å². The van der Waals surface area contributed by atoms with Crippen LogP contribution in [0.25, 0.3) is 0 Å². The second kappa shape index (κ2) is 4.95. The summed E-state index contributed by atoms with van der Waals surface area (Å²) in [5.41, 5.74) is 1.09. The molecule has 0 unspecified atom stereocenters. The standard InChI is InChI=1S/C11H15NO3S/c13-16(14)8-6-12(7-9-16)15-10-11-4-2-1-3-5-11/h1-5H,6-10H2. The van der Waals surface area contributed by atoms with Crippen molar-refractivity contribution in [1.29, 1.82) is 0 Å². The van der Waals surface area contributed by atoms with Crippen molar-refractivity contribution in [3.63, 3.8) is 0 Å². The molecule has 5 heteroatoms. The predicted molar refractivity (Wildman–Crippen MR) is 61.5 cm³/mol. The summed E-state index contributed by atoms with van der Waals surface area (Å²) >= 11 is 0. The van der Waals surface area contributed by atoms with Crippen LogP contribution >= 0.6 is 0 Å². The Kier molecular flexibility index (Phi) is 3.58. The molecule has 1 aliphatic heterocycles. The van der Waals surface area contributed by atoms with Gasteiger partial charge in [-0.05, 0) is 5.56 Å². The maximum absolute atomic E-state index is 11.2. The number of hydrogen-bond acceptors (Lipinski definition) is 4. The van der Waals surface area contributed by atoms with E-state index < -0.39 is 9.84 Å². The Balaban J connectivity index is 1.80. The second-order valence-corrected chi connectivity index (χ2v) is 6.14. The molecule has 2 rings (SSSR count). The van der Waals surface area contributed by atoms with Crippen LogP contribution in [0, 0.1) is 0 Å². The molecule has 88 valence electrons. The van der Waals surface area contributed by atoms with E-state index in [0.717, 1.165) is 5.56 Å². The van der Waals surface area contributed by atoms with Crippen LogP contribution in [-0.2, 0) is 21.3 Å². The fourth-order valence-electron chi connectivity index (χ4n) is 1.56. The summed E-state index contributed by atoms with van der Waals surface area (Å²) in [5, 5.41) is 1.73. The lowest BCUT2D eigenvalue weighted by molar-refractivity contribution is -0.164. The van der Waals surface area contributed by atoms with Gasteiger partial charge >= 0.3 is 0 Å². The lowest BCUT2D eigenvalue weighted by Crippen LogP contribution is -2.39. The van der Waals surface area contributed by atoms with Gasteiger partial charge in [-0.25, -0.2) is 8.42 Å². The molecule has 0 N–H and O–H groups in total. The third-order valence-electron chi connectivity index (χ3n) is 2.56. The molecule has 0 spiro atoms. The fraction of sp³-hybridized carbons (Fsp3) is 0.455. The minimum Gasteiger partial charge on any atom is -0.294 e. The number of sulfone groups is 1. The van der Waals surface area contributed by atoms with Gasteiger partial charge in [0, 0.05) is 13.1 Å². The first-order chi connectivity index (χ1) is 7.66. The zero-order valence-electron chi connectivity index (χ0n) is 9.00. The Bertz CT molecular complexity index is 416. The lowest BCUT2D eigenvalue weighted by atomic mass is 10.2. The largest absolute Gasteiger partial charge is 0.294 e. The Hall–Kier alpha value is -0.910. The van der Waals surface area contributed by atoms with Crippen LogP contribution in [-0.4, -0.2) is 38.1 Å². The Morgan fingerprint density at radius 1 is 1.12 bits per heavy atom. The van der Waals surface area contributed by atoms with Crippen molar-refractivity contribution < 1.29 is 13.3 Å². The van der Waals surface area contributed by atoms with Gasteiger partial charge < -0.3 is 0 Å². The third kappa shape index (κ3) is 3.30. The lowest BCUT2D eigenvalue weighted by Gasteiger charge is -2.25. The summed E-state index contributed by atoms with van der Waals surface area (Å²) in [6, 6.07) is 9.84. The van der Waals surface area contributed by atoms with Crippen LogP contribution in [0.1, 0.15) is 5.56 Å². The maximum Gasteiger partial charge on any atom is 0.153 e. The monoisotopic (exact) mass is 241 g/mol. The first-order valence-corrected chi connectivity index (χ1v) is 7.10. The summed E-state index contributed by atoms with van der Waals surface area (Å²) in [7, 11) is -2.82. The maximum atomic E-state index is 11.2. The van der Waals surface area contributed by atoms with Crippen LogP contribution in [0.15, 0.2) is 30.3 Å². The van der Waals surface area contributed by atoms with Crippen molar-refractivity contribution in [3.05, 3.63) is 35.9 Å². The molecule has 0 aromatic heterocycles. The summed E-state index contributed by atoms with van der Waals surface area (Å²) in [6.07, 6.45) is 0.